The molecule has 0 bridgehead atoms. The van der Waals surface area contributed by atoms with E-state index in [0.717, 1.165) is 5.69 Å². The van der Waals surface area contributed by atoms with E-state index < -0.39 is 41.1 Å². The highest BCUT2D eigenvalue weighted by molar-refractivity contribution is 6.29. The van der Waals surface area contributed by atoms with Crippen LogP contribution in [0.1, 0.15) is 59.1 Å². The Balaban J connectivity index is 1.65. The minimum atomic E-state index is -4.97. The van der Waals surface area contributed by atoms with Gasteiger partial charge in [-0.2, -0.15) is 18.3 Å². The Hall–Kier alpha value is -3.38. The number of nitrogens with one attached hydrogen (secondary N) is 1. The summed E-state index contributed by atoms with van der Waals surface area (Å²) in [5.74, 6) is -2.66. The van der Waals surface area contributed by atoms with Crippen LogP contribution in [0.5, 0.6) is 0 Å². The van der Waals surface area contributed by atoms with Gasteiger partial charge < -0.3 is 19.4 Å². The molecule has 0 radical (unpaired) electrons. The summed E-state index contributed by atoms with van der Waals surface area (Å²) in [7, 11) is 0. The molecule has 0 saturated carbocycles. The van der Waals surface area contributed by atoms with Crippen molar-refractivity contribution < 1.29 is 27.5 Å². The van der Waals surface area contributed by atoms with Crippen LogP contribution < -0.4 is 0 Å². The van der Waals surface area contributed by atoms with Gasteiger partial charge >= 0.3 is 6.18 Å². The SMILES string of the molecule is CC(C)(O)c1nc(C(F)(F)F)c(C(=O)N2CCc3[nH]cnc3C2c2cc3cccc(Cl)n3n2)o1. The summed E-state index contributed by atoms with van der Waals surface area (Å²) in [6, 6.07) is 5.91. The Kier molecular flexibility index (Phi) is 4.99. The van der Waals surface area contributed by atoms with E-state index in [0.29, 0.717) is 28.5 Å². The summed E-state index contributed by atoms with van der Waals surface area (Å²) in [4.78, 5) is 25.4. The number of rotatable bonds is 3. The van der Waals surface area contributed by atoms with E-state index in [9.17, 15) is 23.1 Å². The zero-order valence-electron chi connectivity index (χ0n) is 17.9. The predicted octanol–water partition coefficient (Wildman–Crippen LogP) is 3.73. The number of pyridine rings is 1. The molecule has 2 N–H and O–H groups in total. The van der Waals surface area contributed by atoms with Gasteiger partial charge in [0.05, 0.1) is 23.2 Å². The summed E-state index contributed by atoms with van der Waals surface area (Å²) in [6.07, 6.45) is -3.19. The molecule has 1 unspecified atom stereocenters. The van der Waals surface area contributed by atoms with Crippen LogP contribution in [-0.2, 0) is 18.2 Å². The fourth-order valence-electron chi connectivity index (χ4n) is 3.98. The number of aromatic amines is 1. The Morgan fingerprint density at radius 1 is 1.32 bits per heavy atom. The van der Waals surface area contributed by atoms with Gasteiger partial charge in [-0.05, 0) is 32.0 Å². The fourth-order valence-corrected chi connectivity index (χ4v) is 4.19. The molecule has 0 fully saturated rings. The topological polar surface area (TPSA) is 113 Å². The van der Waals surface area contributed by atoms with E-state index in [1.54, 1.807) is 24.3 Å². The summed E-state index contributed by atoms with van der Waals surface area (Å²) in [5, 5.41) is 14.9. The molecule has 34 heavy (non-hydrogen) atoms. The number of hydrogen-bond donors (Lipinski definition) is 2. The summed E-state index contributed by atoms with van der Waals surface area (Å²) >= 11 is 6.23. The molecule has 0 saturated heterocycles. The van der Waals surface area contributed by atoms with Crippen LogP contribution in [0.15, 0.2) is 35.0 Å². The number of aliphatic hydroxyl groups is 1. The van der Waals surface area contributed by atoms with E-state index in [4.69, 9.17) is 16.0 Å². The van der Waals surface area contributed by atoms with Crippen molar-refractivity contribution in [3.63, 3.8) is 0 Å². The maximum absolute atomic E-state index is 13.7. The number of carbonyl (C=O) groups excluding carboxylic acids is 1. The average Bonchev–Trinajstić information content (AvgIpc) is 3.48. The average molecular weight is 495 g/mol. The highest BCUT2D eigenvalue weighted by atomic mass is 35.5. The van der Waals surface area contributed by atoms with Crippen LogP contribution in [0.3, 0.4) is 0 Å². The van der Waals surface area contributed by atoms with E-state index >= 15 is 0 Å². The van der Waals surface area contributed by atoms with Crippen molar-refractivity contribution >= 4 is 23.0 Å². The molecule has 178 valence electrons. The number of halogens is 4. The molecule has 1 amide bonds. The van der Waals surface area contributed by atoms with Crippen molar-refractivity contribution in [3.05, 3.63) is 70.2 Å². The molecule has 0 aliphatic carbocycles. The molecule has 5 heterocycles. The van der Waals surface area contributed by atoms with Crippen LogP contribution in [0.25, 0.3) is 5.52 Å². The first kappa shape index (κ1) is 22.4. The third-order valence-electron chi connectivity index (χ3n) is 5.54. The number of amides is 1. The van der Waals surface area contributed by atoms with Gasteiger partial charge in [0, 0.05) is 18.7 Å². The second-order valence-corrected chi connectivity index (χ2v) is 8.81. The van der Waals surface area contributed by atoms with E-state index in [1.165, 1.54) is 29.6 Å². The van der Waals surface area contributed by atoms with Gasteiger partial charge in [-0.25, -0.2) is 14.5 Å². The standard InChI is InChI=1S/C21H18ClF3N6O3/c1-20(2,33)19-28-17(21(23,24)25)16(34-19)18(32)30-7-6-11-14(27-9-26-11)15(30)12-8-10-4-3-5-13(22)31(10)29-12/h3-5,8-9,15,33H,6-7H2,1-2H3,(H,26,27). The smallest absolute Gasteiger partial charge is 0.432 e. The van der Waals surface area contributed by atoms with Crippen LogP contribution in [0.4, 0.5) is 13.2 Å². The van der Waals surface area contributed by atoms with Gasteiger partial charge in [0.1, 0.15) is 16.8 Å². The maximum atomic E-state index is 13.7. The lowest BCUT2D eigenvalue weighted by molar-refractivity contribution is -0.141. The molecular weight excluding hydrogens is 477 g/mol. The minimum Gasteiger partial charge on any atom is -0.432 e. The van der Waals surface area contributed by atoms with Crippen LogP contribution in [-0.4, -0.2) is 47.0 Å². The highest BCUT2D eigenvalue weighted by Crippen LogP contribution is 2.39. The molecule has 0 spiro atoms. The molecule has 5 rings (SSSR count). The van der Waals surface area contributed by atoms with Gasteiger partial charge in [-0.15, -0.1) is 0 Å². The van der Waals surface area contributed by atoms with Crippen molar-refractivity contribution in [2.24, 2.45) is 0 Å². The van der Waals surface area contributed by atoms with Crippen molar-refractivity contribution in [3.8, 4) is 0 Å². The number of fused-ring (bicyclic) bond motifs is 2. The van der Waals surface area contributed by atoms with Crippen LogP contribution in [0, 0.1) is 0 Å². The lowest BCUT2D eigenvalue weighted by atomic mass is 9.99. The zero-order chi connectivity index (χ0) is 24.4. The number of hydrogen-bond acceptors (Lipinski definition) is 6. The maximum Gasteiger partial charge on any atom is 0.437 e. The Morgan fingerprint density at radius 3 is 2.76 bits per heavy atom. The number of nitrogens with zero attached hydrogens (tertiary/aromatic N) is 5. The first-order valence-electron chi connectivity index (χ1n) is 10.2. The minimum absolute atomic E-state index is 0.0656. The van der Waals surface area contributed by atoms with Crippen molar-refractivity contribution in [1.29, 1.82) is 0 Å². The Bertz CT molecular complexity index is 1400. The molecule has 1 aliphatic rings. The van der Waals surface area contributed by atoms with Crippen molar-refractivity contribution in [1.82, 2.24) is 29.5 Å². The molecular formula is C21H18ClF3N6O3. The number of imidazole rings is 1. The molecule has 1 aliphatic heterocycles. The summed E-state index contributed by atoms with van der Waals surface area (Å²) < 4.78 is 47.9. The third kappa shape index (κ3) is 3.62. The van der Waals surface area contributed by atoms with Gasteiger partial charge in [0.2, 0.25) is 11.7 Å². The van der Waals surface area contributed by atoms with Crippen molar-refractivity contribution in [2.45, 2.75) is 38.1 Å². The van der Waals surface area contributed by atoms with Gasteiger partial charge in [0.25, 0.3) is 5.91 Å². The van der Waals surface area contributed by atoms with E-state index in [-0.39, 0.29) is 6.54 Å². The van der Waals surface area contributed by atoms with Crippen molar-refractivity contribution in [2.75, 3.05) is 6.54 Å². The van der Waals surface area contributed by atoms with Gasteiger partial charge in [-0.1, -0.05) is 17.7 Å². The second kappa shape index (κ2) is 7.57. The van der Waals surface area contributed by atoms with E-state index in [2.05, 4.69) is 20.1 Å². The molecule has 4 aromatic heterocycles. The van der Waals surface area contributed by atoms with Crippen LogP contribution in [0.2, 0.25) is 5.15 Å². The number of alkyl halides is 3. The number of H-pyrrole nitrogens is 1. The molecule has 9 nitrogen and oxygen atoms in total. The lowest BCUT2D eigenvalue weighted by Gasteiger charge is -2.33. The summed E-state index contributed by atoms with van der Waals surface area (Å²) in [5.41, 5.74) is -1.13. The second-order valence-electron chi connectivity index (χ2n) is 8.43. The quantitative estimate of drug-likeness (QED) is 0.420. The Labute approximate surface area is 195 Å². The largest absolute Gasteiger partial charge is 0.437 e. The van der Waals surface area contributed by atoms with Gasteiger partial charge in [-0.3, -0.25) is 4.79 Å². The number of carbonyl (C=O) groups is 1. The number of oxazole rings is 1. The molecule has 0 aromatic carbocycles. The first-order chi connectivity index (χ1) is 15.9. The third-order valence-corrected chi connectivity index (χ3v) is 5.82. The predicted molar refractivity (Wildman–Crippen MR) is 112 cm³/mol. The Morgan fingerprint density at radius 2 is 2.09 bits per heavy atom. The summed E-state index contributed by atoms with van der Waals surface area (Å²) in [6.45, 7) is 2.50. The molecule has 1 atom stereocenters. The van der Waals surface area contributed by atoms with E-state index in [1.807, 2.05) is 0 Å². The highest BCUT2D eigenvalue weighted by Gasteiger charge is 2.46. The molecule has 4 aromatic rings. The van der Waals surface area contributed by atoms with Crippen LogP contribution >= 0.6 is 11.6 Å². The number of aromatic nitrogens is 5. The molecule has 13 heteroatoms. The first-order valence-corrected chi connectivity index (χ1v) is 10.6. The normalized spacial score (nSPS) is 16.8. The lowest BCUT2D eigenvalue weighted by Crippen LogP contribution is -2.41. The monoisotopic (exact) mass is 494 g/mol. The zero-order valence-corrected chi connectivity index (χ0v) is 18.6. The fraction of sp³-hybridized carbons (Fsp3) is 0.333. The van der Waals surface area contributed by atoms with Gasteiger partial charge in [0.15, 0.2) is 5.69 Å².